The predicted octanol–water partition coefficient (Wildman–Crippen LogP) is 4.90. The first kappa shape index (κ1) is 29.3. The van der Waals surface area contributed by atoms with Crippen LogP contribution in [0.1, 0.15) is 18.9 Å². The summed E-state index contributed by atoms with van der Waals surface area (Å²) in [4.78, 5) is 36.4. The van der Waals surface area contributed by atoms with Gasteiger partial charge in [0.15, 0.2) is 18.1 Å². The molecule has 0 bridgehead atoms. The molecule has 0 heterocycles. The summed E-state index contributed by atoms with van der Waals surface area (Å²) < 4.78 is 16.4. The summed E-state index contributed by atoms with van der Waals surface area (Å²) >= 11 is 11.9. The van der Waals surface area contributed by atoms with Crippen molar-refractivity contribution < 1.29 is 28.6 Å². The number of methoxy groups -OCH3 is 1. The molecular formula is C27H26Cl2N4O6. The molecule has 3 aromatic carbocycles. The molecule has 3 amide bonds. The van der Waals surface area contributed by atoms with Crippen LogP contribution in [0.2, 0.25) is 10.0 Å². The molecule has 10 nitrogen and oxygen atoms in total. The molecule has 0 aliphatic heterocycles. The van der Waals surface area contributed by atoms with E-state index in [9.17, 15) is 14.4 Å². The van der Waals surface area contributed by atoms with Gasteiger partial charge in [-0.2, -0.15) is 5.10 Å². The standard InChI is InChI=1S/C27H26Cl2N4O6/c1-3-10-38-22-7-5-20(6-8-22)32-26(35)27(36)33-30-15-17-4-9-23(24(11-17)37-2)39-16-25(34)31-21-13-18(28)12-19(29)14-21/h4-9,11-15H,3,10,16H2,1-2H3,(H,31,34)(H,32,35)(H,33,36)/b30-15-. The highest BCUT2D eigenvalue weighted by Gasteiger charge is 2.13. The maximum absolute atomic E-state index is 12.2. The smallest absolute Gasteiger partial charge is 0.329 e. The minimum Gasteiger partial charge on any atom is -0.494 e. The lowest BCUT2D eigenvalue weighted by Crippen LogP contribution is -2.32. The van der Waals surface area contributed by atoms with Crippen LogP contribution in [-0.4, -0.2) is 44.3 Å². The Hall–Kier alpha value is -4.28. The number of halogens is 2. The minimum absolute atomic E-state index is 0.298. The molecule has 0 fully saturated rings. The van der Waals surface area contributed by atoms with Crippen molar-refractivity contribution in [2.24, 2.45) is 5.10 Å². The first-order chi connectivity index (χ1) is 18.8. The zero-order valence-electron chi connectivity index (χ0n) is 21.1. The highest BCUT2D eigenvalue weighted by molar-refractivity contribution is 6.39. The summed E-state index contributed by atoms with van der Waals surface area (Å²) in [6.45, 7) is 2.29. The van der Waals surface area contributed by atoms with Crippen molar-refractivity contribution in [3.8, 4) is 17.2 Å². The number of nitrogens with zero attached hydrogens (tertiary/aromatic N) is 1. The Labute approximate surface area is 235 Å². The lowest BCUT2D eigenvalue weighted by molar-refractivity contribution is -0.136. The van der Waals surface area contributed by atoms with Gasteiger partial charge in [-0.05, 0) is 72.6 Å². The van der Waals surface area contributed by atoms with Crippen LogP contribution in [0.15, 0.2) is 65.8 Å². The number of carbonyl (C=O) groups excluding carboxylic acids is 3. The normalized spacial score (nSPS) is 10.6. The van der Waals surface area contributed by atoms with E-state index in [-0.39, 0.29) is 6.61 Å². The van der Waals surface area contributed by atoms with Gasteiger partial charge < -0.3 is 24.8 Å². The highest BCUT2D eigenvalue weighted by Crippen LogP contribution is 2.28. The van der Waals surface area contributed by atoms with Crippen LogP contribution in [0.25, 0.3) is 0 Å². The number of hydrogen-bond acceptors (Lipinski definition) is 7. The van der Waals surface area contributed by atoms with E-state index in [1.165, 1.54) is 13.3 Å². The van der Waals surface area contributed by atoms with Gasteiger partial charge in [0.05, 0.1) is 19.9 Å². The van der Waals surface area contributed by atoms with Crippen LogP contribution in [0.5, 0.6) is 17.2 Å². The number of amides is 3. The van der Waals surface area contributed by atoms with E-state index < -0.39 is 17.7 Å². The van der Waals surface area contributed by atoms with Crippen molar-refractivity contribution in [1.82, 2.24) is 5.43 Å². The second kappa shape index (κ2) is 14.6. The minimum atomic E-state index is -0.948. The highest BCUT2D eigenvalue weighted by atomic mass is 35.5. The molecule has 0 saturated heterocycles. The SMILES string of the molecule is CCCOc1ccc(NC(=O)C(=O)N/N=C\c2ccc(OCC(=O)Nc3cc(Cl)cc(Cl)c3)c(OC)c2)cc1. The number of nitrogens with one attached hydrogen (secondary N) is 3. The molecule has 0 atom stereocenters. The molecule has 0 aromatic heterocycles. The second-order valence-corrected chi connectivity index (χ2v) is 8.80. The van der Waals surface area contributed by atoms with E-state index in [2.05, 4.69) is 21.2 Å². The van der Waals surface area contributed by atoms with Crippen LogP contribution >= 0.6 is 23.2 Å². The van der Waals surface area contributed by atoms with Crippen molar-refractivity contribution in [2.75, 3.05) is 31.0 Å². The average Bonchev–Trinajstić information content (AvgIpc) is 2.91. The van der Waals surface area contributed by atoms with Crippen LogP contribution in [0.3, 0.4) is 0 Å². The largest absolute Gasteiger partial charge is 0.494 e. The summed E-state index contributed by atoms with van der Waals surface area (Å²) in [7, 11) is 1.44. The average molecular weight is 573 g/mol. The van der Waals surface area contributed by atoms with Gasteiger partial charge in [-0.25, -0.2) is 5.43 Å². The maximum atomic E-state index is 12.2. The Morgan fingerprint density at radius 1 is 0.846 bits per heavy atom. The van der Waals surface area contributed by atoms with Gasteiger partial charge in [-0.15, -0.1) is 0 Å². The van der Waals surface area contributed by atoms with Crippen molar-refractivity contribution in [2.45, 2.75) is 13.3 Å². The summed E-state index contributed by atoms with van der Waals surface area (Å²) in [5.74, 6) is -0.952. The van der Waals surface area contributed by atoms with Crippen molar-refractivity contribution in [1.29, 1.82) is 0 Å². The van der Waals surface area contributed by atoms with Crippen LogP contribution in [0, 0.1) is 0 Å². The van der Waals surface area contributed by atoms with E-state index >= 15 is 0 Å². The molecular weight excluding hydrogens is 547 g/mol. The third kappa shape index (κ3) is 9.51. The predicted molar refractivity (Wildman–Crippen MR) is 150 cm³/mol. The third-order valence-corrected chi connectivity index (χ3v) is 5.30. The maximum Gasteiger partial charge on any atom is 0.329 e. The molecule has 39 heavy (non-hydrogen) atoms. The molecule has 0 spiro atoms. The number of benzene rings is 3. The number of ether oxygens (including phenoxy) is 3. The van der Waals surface area contributed by atoms with E-state index in [1.54, 1.807) is 60.7 Å². The summed E-state index contributed by atoms with van der Waals surface area (Å²) in [5.41, 5.74) is 3.58. The van der Waals surface area contributed by atoms with E-state index in [4.69, 9.17) is 37.4 Å². The van der Waals surface area contributed by atoms with Gasteiger partial charge in [0.1, 0.15) is 5.75 Å². The topological polar surface area (TPSA) is 127 Å². The van der Waals surface area contributed by atoms with Gasteiger partial charge in [0, 0.05) is 21.4 Å². The number of carbonyl (C=O) groups is 3. The third-order valence-electron chi connectivity index (χ3n) is 4.86. The fourth-order valence-corrected chi connectivity index (χ4v) is 3.63. The number of hydrogen-bond donors (Lipinski definition) is 3. The zero-order valence-corrected chi connectivity index (χ0v) is 22.6. The number of rotatable bonds is 11. The fraction of sp³-hybridized carbons (Fsp3) is 0.185. The van der Waals surface area contributed by atoms with Crippen LogP contribution < -0.4 is 30.3 Å². The molecule has 0 aliphatic rings. The summed E-state index contributed by atoms with van der Waals surface area (Å²) in [6.07, 6.45) is 2.21. The molecule has 204 valence electrons. The quantitative estimate of drug-likeness (QED) is 0.170. The van der Waals surface area contributed by atoms with Gasteiger partial charge in [-0.1, -0.05) is 30.1 Å². The van der Waals surface area contributed by atoms with E-state index in [0.29, 0.717) is 50.8 Å². The zero-order chi connectivity index (χ0) is 28.2. The van der Waals surface area contributed by atoms with Crippen molar-refractivity contribution >= 4 is 58.5 Å². The second-order valence-electron chi connectivity index (χ2n) is 7.93. The molecule has 3 N–H and O–H groups in total. The monoisotopic (exact) mass is 572 g/mol. The van der Waals surface area contributed by atoms with Crippen molar-refractivity contribution in [3.05, 3.63) is 76.3 Å². The Kier molecular flexibility index (Phi) is 11.0. The van der Waals surface area contributed by atoms with Gasteiger partial charge in [0.2, 0.25) is 0 Å². The first-order valence-electron chi connectivity index (χ1n) is 11.7. The molecule has 3 rings (SSSR count). The first-order valence-corrected chi connectivity index (χ1v) is 12.5. The molecule has 3 aromatic rings. The molecule has 0 saturated carbocycles. The van der Waals surface area contributed by atoms with Crippen molar-refractivity contribution in [3.63, 3.8) is 0 Å². The lowest BCUT2D eigenvalue weighted by atomic mass is 10.2. The Morgan fingerprint density at radius 3 is 2.23 bits per heavy atom. The summed E-state index contributed by atoms with van der Waals surface area (Å²) in [5, 5.41) is 9.70. The fourth-order valence-electron chi connectivity index (χ4n) is 3.11. The van der Waals surface area contributed by atoms with Gasteiger partial charge >= 0.3 is 11.8 Å². The molecule has 0 unspecified atom stereocenters. The Bertz CT molecular complexity index is 1330. The summed E-state index contributed by atoms with van der Waals surface area (Å²) in [6, 6.07) is 16.1. The van der Waals surface area contributed by atoms with Crippen LogP contribution in [0.4, 0.5) is 11.4 Å². The number of anilines is 2. The molecule has 0 aliphatic carbocycles. The van der Waals surface area contributed by atoms with E-state index in [0.717, 1.165) is 6.42 Å². The Balaban J connectivity index is 1.50. The molecule has 0 radical (unpaired) electrons. The van der Waals surface area contributed by atoms with E-state index in [1.807, 2.05) is 6.92 Å². The van der Waals surface area contributed by atoms with Gasteiger partial charge in [-0.3, -0.25) is 14.4 Å². The number of hydrazone groups is 1. The van der Waals surface area contributed by atoms with Crippen LogP contribution in [-0.2, 0) is 14.4 Å². The molecule has 12 heteroatoms. The lowest BCUT2D eigenvalue weighted by Gasteiger charge is -2.12. The Morgan fingerprint density at radius 2 is 1.56 bits per heavy atom. The van der Waals surface area contributed by atoms with Gasteiger partial charge in [0.25, 0.3) is 5.91 Å².